The molecule has 0 saturated carbocycles. The topological polar surface area (TPSA) is 34.1 Å². The number of hydrogen-bond acceptors (Lipinski definition) is 2. The molecule has 0 rings (SSSR count). The Hall–Kier alpha value is -0.180. The minimum Gasteiger partial charge on any atom is -0.302 e. The summed E-state index contributed by atoms with van der Waals surface area (Å²) in [5.41, 5.74) is 0. The summed E-state index contributed by atoms with van der Waals surface area (Å²) < 4.78 is 0. The molecule has 3 heteroatoms. The molecule has 0 aromatic carbocycles. The smallest absolute Gasteiger partial charge is 0.134 e. The molecule has 2 nitrogen and oxygen atoms in total. The molecule has 0 heterocycles. The Kier molecular flexibility index (Phi) is 3.69. The second-order valence-corrected chi connectivity index (χ2v) is 2.73. The number of carbonyl (C=O) groups is 2. The summed E-state index contributed by atoms with van der Waals surface area (Å²) in [5, 5.41) is 0. The highest BCUT2D eigenvalue weighted by Crippen LogP contribution is 2.00. The molecule has 0 aromatic rings. The third kappa shape index (κ3) is 3.99. The van der Waals surface area contributed by atoms with Crippen LogP contribution in [0, 0.1) is 0 Å². The van der Waals surface area contributed by atoms with Gasteiger partial charge >= 0.3 is 0 Å². The quantitative estimate of drug-likeness (QED) is 0.477. The van der Waals surface area contributed by atoms with Crippen LogP contribution >= 0.6 is 15.9 Å². The molecular formula is C5H7BrO2. The first-order chi connectivity index (χ1) is 3.66. The van der Waals surface area contributed by atoms with E-state index in [0.717, 1.165) is 0 Å². The van der Waals surface area contributed by atoms with Gasteiger partial charge < -0.3 is 4.79 Å². The fraction of sp³-hybridized carbons (Fsp3) is 0.600. The third-order valence-corrected chi connectivity index (χ3v) is 1.17. The Morgan fingerprint density at radius 1 is 1.88 bits per heavy atom. The van der Waals surface area contributed by atoms with E-state index in [-0.39, 0.29) is 10.6 Å². The molecule has 46 valence electrons. The lowest BCUT2D eigenvalue weighted by molar-refractivity contribution is -0.118. The van der Waals surface area contributed by atoms with Crippen molar-refractivity contribution in [2.24, 2.45) is 0 Å². The maximum atomic E-state index is 10.2. The summed E-state index contributed by atoms with van der Waals surface area (Å²) in [4.78, 5) is 19.8. The number of Topliss-reactive ketones (excluding diaryl/α,β-unsaturated/α-hetero) is 1. The summed E-state index contributed by atoms with van der Waals surface area (Å²) in [7, 11) is 0. The monoisotopic (exact) mass is 178 g/mol. The van der Waals surface area contributed by atoms with Crippen LogP contribution in [0.4, 0.5) is 0 Å². The second kappa shape index (κ2) is 3.78. The minimum absolute atomic E-state index is 0.0268. The Labute approximate surface area is 56.4 Å². The molecule has 1 atom stereocenters. The lowest BCUT2D eigenvalue weighted by Gasteiger charge is -1.92. The van der Waals surface area contributed by atoms with Crippen LogP contribution in [0.3, 0.4) is 0 Å². The van der Waals surface area contributed by atoms with E-state index in [9.17, 15) is 9.59 Å². The fourth-order valence-corrected chi connectivity index (χ4v) is 0.779. The van der Waals surface area contributed by atoms with E-state index in [1.54, 1.807) is 0 Å². The normalized spacial score (nSPS) is 12.8. The molecule has 1 unspecified atom stereocenters. The maximum Gasteiger partial charge on any atom is 0.134 e. The van der Waals surface area contributed by atoms with Gasteiger partial charge in [0.15, 0.2) is 0 Å². The number of carbonyl (C=O) groups excluding carboxylic acids is 2. The molecule has 0 saturated heterocycles. The minimum atomic E-state index is -0.292. The Morgan fingerprint density at radius 3 is 2.50 bits per heavy atom. The van der Waals surface area contributed by atoms with Crippen molar-refractivity contribution in [3.05, 3.63) is 0 Å². The first-order valence-corrected chi connectivity index (χ1v) is 3.17. The SMILES string of the molecule is CC(=O)CC(Br)C=O. The van der Waals surface area contributed by atoms with Gasteiger partial charge in [-0.1, -0.05) is 15.9 Å². The van der Waals surface area contributed by atoms with Crippen molar-refractivity contribution in [3.63, 3.8) is 0 Å². The standard InChI is InChI=1S/C5H7BrO2/c1-4(8)2-5(6)3-7/h3,5H,2H2,1H3. The first-order valence-electron chi connectivity index (χ1n) is 2.25. The zero-order chi connectivity index (χ0) is 6.57. The van der Waals surface area contributed by atoms with Gasteiger partial charge in [-0.2, -0.15) is 0 Å². The van der Waals surface area contributed by atoms with Crippen molar-refractivity contribution in [1.29, 1.82) is 0 Å². The molecule has 0 spiro atoms. The van der Waals surface area contributed by atoms with Gasteiger partial charge in [0.2, 0.25) is 0 Å². The van der Waals surface area contributed by atoms with Gasteiger partial charge in [0.1, 0.15) is 12.1 Å². The second-order valence-electron chi connectivity index (χ2n) is 1.56. The molecule has 8 heavy (non-hydrogen) atoms. The van der Waals surface area contributed by atoms with E-state index < -0.39 is 0 Å². The highest BCUT2D eigenvalue weighted by Gasteiger charge is 2.02. The zero-order valence-electron chi connectivity index (χ0n) is 4.56. The lowest BCUT2D eigenvalue weighted by Crippen LogP contribution is -2.04. The average Bonchev–Trinajstić information content (AvgIpc) is 1.65. The van der Waals surface area contributed by atoms with E-state index in [4.69, 9.17) is 0 Å². The lowest BCUT2D eigenvalue weighted by atomic mass is 10.2. The fourth-order valence-electron chi connectivity index (χ4n) is 0.323. The van der Waals surface area contributed by atoms with E-state index in [0.29, 0.717) is 12.7 Å². The van der Waals surface area contributed by atoms with Crippen LogP contribution < -0.4 is 0 Å². The molecule has 0 aliphatic carbocycles. The first kappa shape index (κ1) is 7.82. The predicted molar refractivity (Wildman–Crippen MR) is 34.1 cm³/mol. The molecule has 0 radical (unpaired) electrons. The highest BCUT2D eigenvalue weighted by atomic mass is 79.9. The molecule has 0 fully saturated rings. The van der Waals surface area contributed by atoms with Crippen molar-refractivity contribution >= 4 is 28.0 Å². The van der Waals surface area contributed by atoms with Crippen molar-refractivity contribution in [2.75, 3.05) is 0 Å². The Morgan fingerprint density at radius 2 is 2.38 bits per heavy atom. The van der Waals surface area contributed by atoms with Crippen molar-refractivity contribution in [1.82, 2.24) is 0 Å². The van der Waals surface area contributed by atoms with Crippen molar-refractivity contribution in [3.8, 4) is 0 Å². The Bertz CT molecular complexity index is 101. The number of ketones is 1. The maximum absolute atomic E-state index is 10.2. The summed E-state index contributed by atoms with van der Waals surface area (Å²) in [6.07, 6.45) is 1.00. The van der Waals surface area contributed by atoms with Crippen LogP contribution in [0.25, 0.3) is 0 Å². The number of hydrogen-bond donors (Lipinski definition) is 0. The summed E-state index contributed by atoms with van der Waals surface area (Å²) in [6, 6.07) is 0. The van der Waals surface area contributed by atoms with E-state index in [1.165, 1.54) is 6.92 Å². The van der Waals surface area contributed by atoms with Crippen LogP contribution in [0.5, 0.6) is 0 Å². The van der Waals surface area contributed by atoms with Crippen LogP contribution in [0.2, 0.25) is 0 Å². The molecule has 0 N–H and O–H groups in total. The van der Waals surface area contributed by atoms with Gasteiger partial charge in [-0.05, 0) is 6.92 Å². The molecule has 0 bridgehead atoms. The van der Waals surface area contributed by atoms with Crippen LogP contribution in [-0.2, 0) is 9.59 Å². The summed E-state index contributed by atoms with van der Waals surface area (Å²) in [5.74, 6) is 0.0268. The third-order valence-electron chi connectivity index (χ3n) is 0.630. The average molecular weight is 179 g/mol. The molecular weight excluding hydrogens is 172 g/mol. The molecule has 0 aliphatic rings. The summed E-state index contributed by atoms with van der Waals surface area (Å²) in [6.45, 7) is 1.46. The van der Waals surface area contributed by atoms with Gasteiger partial charge in [-0.3, -0.25) is 4.79 Å². The van der Waals surface area contributed by atoms with Gasteiger partial charge in [-0.25, -0.2) is 0 Å². The molecule has 0 aromatic heterocycles. The number of aldehydes is 1. The van der Waals surface area contributed by atoms with Crippen LogP contribution in [-0.4, -0.2) is 16.9 Å². The van der Waals surface area contributed by atoms with Gasteiger partial charge in [0.05, 0.1) is 4.83 Å². The van der Waals surface area contributed by atoms with E-state index in [1.807, 2.05) is 0 Å². The van der Waals surface area contributed by atoms with Crippen LogP contribution in [0.1, 0.15) is 13.3 Å². The van der Waals surface area contributed by atoms with E-state index >= 15 is 0 Å². The van der Waals surface area contributed by atoms with Crippen LogP contribution in [0.15, 0.2) is 0 Å². The highest BCUT2D eigenvalue weighted by molar-refractivity contribution is 9.10. The number of halogens is 1. The Balaban J connectivity index is 3.38. The van der Waals surface area contributed by atoms with Crippen molar-refractivity contribution in [2.45, 2.75) is 18.2 Å². The molecule has 0 amide bonds. The predicted octanol–water partition coefficient (Wildman–Crippen LogP) is 0.928. The van der Waals surface area contributed by atoms with Gasteiger partial charge in [-0.15, -0.1) is 0 Å². The van der Waals surface area contributed by atoms with Crippen molar-refractivity contribution < 1.29 is 9.59 Å². The van der Waals surface area contributed by atoms with Gasteiger partial charge in [0.25, 0.3) is 0 Å². The zero-order valence-corrected chi connectivity index (χ0v) is 6.14. The number of rotatable bonds is 3. The summed E-state index contributed by atoms with van der Waals surface area (Å²) >= 11 is 2.99. The largest absolute Gasteiger partial charge is 0.302 e. The molecule has 0 aliphatic heterocycles. The van der Waals surface area contributed by atoms with E-state index in [2.05, 4.69) is 15.9 Å². The number of alkyl halides is 1. The van der Waals surface area contributed by atoms with Gasteiger partial charge in [0, 0.05) is 6.42 Å².